The van der Waals surface area contributed by atoms with Crippen LogP contribution >= 0.6 is 15.9 Å². The standard InChI is InChI=1S/C19H19BrN2O3/c1-12-6-7-13(2)15(10-12)16-4-3-5-19(23)21(16)18-11-14(20)8-9-17(18)22(24)25/h6-11,16H,3-5H2,1-2H3. The first kappa shape index (κ1) is 17.6. The number of hydrogen-bond donors (Lipinski definition) is 0. The van der Waals surface area contributed by atoms with Gasteiger partial charge in [-0.1, -0.05) is 39.7 Å². The molecule has 1 amide bonds. The fraction of sp³-hybridized carbons (Fsp3) is 0.316. The van der Waals surface area contributed by atoms with Crippen LogP contribution in [-0.4, -0.2) is 10.8 Å². The zero-order chi connectivity index (χ0) is 18.1. The summed E-state index contributed by atoms with van der Waals surface area (Å²) >= 11 is 3.37. The minimum Gasteiger partial charge on any atom is -0.299 e. The van der Waals surface area contributed by atoms with Crippen molar-refractivity contribution >= 4 is 33.2 Å². The number of nitro groups is 1. The van der Waals surface area contributed by atoms with Gasteiger partial charge in [0.1, 0.15) is 5.69 Å². The van der Waals surface area contributed by atoms with Crippen molar-refractivity contribution in [1.29, 1.82) is 0 Å². The van der Waals surface area contributed by atoms with E-state index in [0.29, 0.717) is 16.6 Å². The molecule has 1 saturated heterocycles. The second kappa shape index (κ2) is 6.96. The van der Waals surface area contributed by atoms with Crippen molar-refractivity contribution in [2.75, 3.05) is 4.90 Å². The lowest BCUT2D eigenvalue weighted by atomic mass is 9.90. The van der Waals surface area contributed by atoms with Gasteiger partial charge in [0.25, 0.3) is 5.69 Å². The summed E-state index contributed by atoms with van der Waals surface area (Å²) in [6.45, 7) is 4.03. The fourth-order valence-corrected chi connectivity index (χ4v) is 3.78. The molecule has 0 spiro atoms. The molecule has 0 bridgehead atoms. The van der Waals surface area contributed by atoms with E-state index in [4.69, 9.17) is 0 Å². The molecular formula is C19H19BrN2O3. The largest absolute Gasteiger partial charge is 0.299 e. The number of nitrogens with zero attached hydrogens (tertiary/aromatic N) is 2. The predicted octanol–water partition coefficient (Wildman–Crippen LogP) is 5.23. The van der Waals surface area contributed by atoms with Crippen LogP contribution in [0.5, 0.6) is 0 Å². The molecule has 130 valence electrons. The van der Waals surface area contributed by atoms with E-state index >= 15 is 0 Å². The molecule has 0 N–H and O–H groups in total. The molecular weight excluding hydrogens is 384 g/mol. The molecule has 2 aromatic rings. The third-order valence-electron chi connectivity index (χ3n) is 4.64. The topological polar surface area (TPSA) is 63.5 Å². The smallest absolute Gasteiger partial charge is 0.293 e. The summed E-state index contributed by atoms with van der Waals surface area (Å²) < 4.78 is 0.714. The van der Waals surface area contributed by atoms with Crippen molar-refractivity contribution in [3.63, 3.8) is 0 Å². The van der Waals surface area contributed by atoms with Crippen LogP contribution in [0.15, 0.2) is 40.9 Å². The van der Waals surface area contributed by atoms with Crippen LogP contribution in [0.1, 0.15) is 42.0 Å². The molecule has 3 rings (SSSR count). The number of amides is 1. The highest BCUT2D eigenvalue weighted by molar-refractivity contribution is 9.10. The third-order valence-corrected chi connectivity index (χ3v) is 5.13. The molecule has 0 radical (unpaired) electrons. The number of piperidine rings is 1. The summed E-state index contributed by atoms with van der Waals surface area (Å²) in [7, 11) is 0. The molecule has 5 nitrogen and oxygen atoms in total. The molecule has 2 aromatic carbocycles. The van der Waals surface area contributed by atoms with E-state index in [1.165, 1.54) is 6.07 Å². The maximum atomic E-state index is 12.7. The number of nitro benzene ring substituents is 1. The molecule has 1 heterocycles. The number of carbonyl (C=O) groups is 1. The van der Waals surface area contributed by atoms with Crippen molar-refractivity contribution in [3.8, 4) is 0 Å². The van der Waals surface area contributed by atoms with E-state index in [-0.39, 0.29) is 17.6 Å². The number of aryl methyl sites for hydroxylation is 2. The Hall–Kier alpha value is -2.21. The Labute approximate surface area is 154 Å². The summed E-state index contributed by atoms with van der Waals surface area (Å²) in [5.74, 6) is -0.0710. The average molecular weight is 403 g/mol. The quantitative estimate of drug-likeness (QED) is 0.521. The molecule has 1 aliphatic heterocycles. The van der Waals surface area contributed by atoms with Gasteiger partial charge >= 0.3 is 0 Å². The van der Waals surface area contributed by atoms with Crippen LogP contribution < -0.4 is 4.90 Å². The Balaban J connectivity index is 2.17. The molecule has 1 unspecified atom stereocenters. The molecule has 1 fully saturated rings. The van der Waals surface area contributed by atoms with Crippen molar-refractivity contribution in [1.82, 2.24) is 0 Å². The molecule has 0 aliphatic carbocycles. The Morgan fingerprint density at radius 1 is 1.20 bits per heavy atom. The normalized spacial score (nSPS) is 17.6. The zero-order valence-corrected chi connectivity index (χ0v) is 15.7. The van der Waals surface area contributed by atoms with Crippen LogP contribution in [-0.2, 0) is 4.79 Å². The number of benzene rings is 2. The monoisotopic (exact) mass is 402 g/mol. The third kappa shape index (κ3) is 3.44. The van der Waals surface area contributed by atoms with E-state index in [9.17, 15) is 14.9 Å². The number of rotatable bonds is 3. The first-order valence-electron chi connectivity index (χ1n) is 8.21. The van der Waals surface area contributed by atoms with Gasteiger partial charge in [0.15, 0.2) is 0 Å². The van der Waals surface area contributed by atoms with Crippen LogP contribution in [0, 0.1) is 24.0 Å². The lowest BCUT2D eigenvalue weighted by Crippen LogP contribution is -2.39. The van der Waals surface area contributed by atoms with Gasteiger partial charge in [-0.25, -0.2) is 0 Å². The van der Waals surface area contributed by atoms with Gasteiger partial charge < -0.3 is 0 Å². The number of anilines is 1. The van der Waals surface area contributed by atoms with Crippen LogP contribution in [0.2, 0.25) is 0 Å². The summed E-state index contributed by atoms with van der Waals surface area (Å²) in [5.41, 5.74) is 3.57. The highest BCUT2D eigenvalue weighted by Crippen LogP contribution is 2.42. The molecule has 0 aromatic heterocycles. The zero-order valence-electron chi connectivity index (χ0n) is 14.2. The van der Waals surface area contributed by atoms with Crippen molar-refractivity contribution in [2.45, 2.75) is 39.2 Å². The second-order valence-electron chi connectivity index (χ2n) is 6.42. The molecule has 1 atom stereocenters. The molecule has 1 aliphatic rings. The Morgan fingerprint density at radius 2 is 1.96 bits per heavy atom. The van der Waals surface area contributed by atoms with Crippen LogP contribution in [0.4, 0.5) is 11.4 Å². The highest BCUT2D eigenvalue weighted by atomic mass is 79.9. The Bertz CT molecular complexity index is 851. The molecule has 25 heavy (non-hydrogen) atoms. The summed E-state index contributed by atoms with van der Waals surface area (Å²) in [6, 6.07) is 10.7. The lowest BCUT2D eigenvalue weighted by molar-refractivity contribution is -0.384. The van der Waals surface area contributed by atoms with E-state index < -0.39 is 4.92 Å². The number of hydrogen-bond acceptors (Lipinski definition) is 3. The number of halogens is 1. The number of carbonyl (C=O) groups excluding carboxylic acids is 1. The minimum atomic E-state index is -0.427. The Kier molecular flexibility index (Phi) is 4.90. The Morgan fingerprint density at radius 3 is 2.68 bits per heavy atom. The van der Waals surface area contributed by atoms with E-state index in [1.807, 2.05) is 26.0 Å². The lowest BCUT2D eigenvalue weighted by Gasteiger charge is -2.36. The molecule has 0 saturated carbocycles. The van der Waals surface area contributed by atoms with Crippen LogP contribution in [0.25, 0.3) is 0 Å². The van der Waals surface area contributed by atoms with E-state index in [1.54, 1.807) is 17.0 Å². The summed E-state index contributed by atoms with van der Waals surface area (Å²) in [5, 5.41) is 11.5. The van der Waals surface area contributed by atoms with E-state index in [0.717, 1.165) is 29.5 Å². The van der Waals surface area contributed by atoms with Gasteiger partial charge in [0.05, 0.1) is 11.0 Å². The second-order valence-corrected chi connectivity index (χ2v) is 7.34. The van der Waals surface area contributed by atoms with Gasteiger partial charge in [-0.3, -0.25) is 19.8 Å². The summed E-state index contributed by atoms with van der Waals surface area (Å²) in [6.07, 6.45) is 1.99. The first-order chi connectivity index (χ1) is 11.9. The van der Waals surface area contributed by atoms with Crippen LogP contribution in [0.3, 0.4) is 0 Å². The van der Waals surface area contributed by atoms with Crippen molar-refractivity contribution < 1.29 is 9.72 Å². The van der Waals surface area contributed by atoms with Gasteiger partial charge in [0, 0.05) is 17.0 Å². The van der Waals surface area contributed by atoms with E-state index in [2.05, 4.69) is 22.0 Å². The SMILES string of the molecule is Cc1ccc(C)c(C2CCCC(=O)N2c2cc(Br)ccc2[N+](=O)[O-])c1. The maximum absolute atomic E-state index is 12.7. The van der Waals surface area contributed by atoms with Crippen molar-refractivity contribution in [2.24, 2.45) is 0 Å². The average Bonchev–Trinajstić information content (AvgIpc) is 2.56. The van der Waals surface area contributed by atoms with Gasteiger partial charge in [-0.2, -0.15) is 0 Å². The maximum Gasteiger partial charge on any atom is 0.293 e. The van der Waals surface area contributed by atoms with Crippen molar-refractivity contribution in [3.05, 3.63) is 67.7 Å². The van der Waals surface area contributed by atoms with Gasteiger partial charge in [-0.05, 0) is 49.9 Å². The fourth-order valence-electron chi connectivity index (χ4n) is 3.43. The predicted molar refractivity (Wildman–Crippen MR) is 101 cm³/mol. The van der Waals surface area contributed by atoms with Gasteiger partial charge in [-0.15, -0.1) is 0 Å². The first-order valence-corrected chi connectivity index (χ1v) is 9.01. The minimum absolute atomic E-state index is 0.0474. The molecule has 6 heteroatoms. The highest BCUT2D eigenvalue weighted by Gasteiger charge is 2.35. The summed E-state index contributed by atoms with van der Waals surface area (Å²) in [4.78, 5) is 25.4. The van der Waals surface area contributed by atoms with Gasteiger partial charge in [0.2, 0.25) is 5.91 Å².